The number of carboxylic acid groups (broad SMARTS) is 1. The monoisotopic (exact) mass is 959 g/mol. The molecule has 1 unspecified atom stereocenters. The Kier molecular flexibility index (Phi) is 22.6. The predicted molar refractivity (Wildman–Crippen MR) is 248 cm³/mol. The van der Waals surface area contributed by atoms with Gasteiger partial charge < -0.3 is 62.2 Å². The van der Waals surface area contributed by atoms with Crippen LogP contribution in [0.25, 0.3) is 0 Å². The van der Waals surface area contributed by atoms with Crippen LogP contribution in [0.5, 0.6) is 5.75 Å². The van der Waals surface area contributed by atoms with E-state index in [1.54, 1.807) is 26.0 Å². The highest BCUT2D eigenvalue weighted by Gasteiger charge is 2.46. The summed E-state index contributed by atoms with van der Waals surface area (Å²) < 4.78 is 5.85. The number of phenolic OH excluding ortho intramolecular Hbond substituents is 1. The highest BCUT2D eigenvalue weighted by atomic mass is 16.5. The number of hydrogen-bond donors (Lipinski definition) is 9. The van der Waals surface area contributed by atoms with Crippen molar-refractivity contribution < 1.29 is 63.2 Å². The number of amides is 7. The van der Waals surface area contributed by atoms with Crippen LogP contribution in [0.1, 0.15) is 124 Å². The molecule has 1 aromatic carbocycles. The van der Waals surface area contributed by atoms with Crippen LogP contribution in [0.4, 0.5) is 0 Å². The molecule has 10 N–H and O–H groups in total. The number of nitrogens with zero attached hydrogens (tertiary/aromatic N) is 2. The van der Waals surface area contributed by atoms with Crippen molar-refractivity contribution in [3.63, 3.8) is 0 Å². The summed E-state index contributed by atoms with van der Waals surface area (Å²) in [7, 11) is 1.36. The molecule has 0 aliphatic carbocycles. The maximum atomic E-state index is 14.8. The van der Waals surface area contributed by atoms with Gasteiger partial charge in [-0.2, -0.15) is 0 Å². The number of carbonyl (C=O) groups excluding carboxylic acids is 8. The number of benzene rings is 1. The van der Waals surface area contributed by atoms with E-state index in [-0.39, 0.29) is 63.2 Å². The van der Waals surface area contributed by atoms with E-state index in [0.717, 1.165) is 22.6 Å². The summed E-state index contributed by atoms with van der Waals surface area (Å²) in [5.41, 5.74) is 6.27. The SMILES string of the molecule is CCCCCC(=O)N[C@@H](CCC(=O)O)C(=O)NC1C(=O)N[C@@H](CCCCN)C(=O)N[C@H]2CC[C@H](O)N(C2=O)[C@@H](CC(C)C)C(=O)N(C)[C@@H](Cc2ccc(O)cc2)C(=O)N[C@@H](C(C)C)C(=O)O[C@@H]1C. The first kappa shape index (κ1) is 56.5. The third kappa shape index (κ3) is 16.7. The van der Waals surface area contributed by atoms with Gasteiger partial charge in [0, 0.05) is 26.3 Å². The second-order valence-corrected chi connectivity index (χ2v) is 18.6. The van der Waals surface area contributed by atoms with Crippen LogP contribution in [0.2, 0.25) is 0 Å². The molecule has 68 heavy (non-hydrogen) atoms. The second-order valence-electron chi connectivity index (χ2n) is 18.6. The fraction of sp³-hybridized carbons (Fsp3) is 0.681. The largest absolute Gasteiger partial charge is 0.508 e. The molecule has 2 heterocycles. The molecule has 7 amide bonds. The molecule has 0 saturated carbocycles. The van der Waals surface area contributed by atoms with E-state index in [2.05, 4.69) is 26.6 Å². The van der Waals surface area contributed by atoms with Gasteiger partial charge in [-0.05, 0) is 94.4 Å². The lowest BCUT2D eigenvalue weighted by Gasteiger charge is -2.43. The van der Waals surface area contributed by atoms with E-state index < -0.39 is 120 Å². The van der Waals surface area contributed by atoms with Crippen LogP contribution in [0, 0.1) is 11.8 Å². The van der Waals surface area contributed by atoms with Gasteiger partial charge in [0.2, 0.25) is 41.4 Å². The lowest BCUT2D eigenvalue weighted by atomic mass is 9.94. The normalized spacial score (nSPS) is 25.0. The number of aliphatic hydroxyl groups is 1. The fourth-order valence-corrected chi connectivity index (χ4v) is 8.19. The van der Waals surface area contributed by atoms with Gasteiger partial charge in [0.1, 0.15) is 60.4 Å². The van der Waals surface area contributed by atoms with Crippen molar-refractivity contribution in [2.75, 3.05) is 13.6 Å². The summed E-state index contributed by atoms with van der Waals surface area (Å²) in [6.45, 7) is 10.3. The van der Waals surface area contributed by atoms with Crippen molar-refractivity contribution in [2.45, 2.75) is 180 Å². The van der Waals surface area contributed by atoms with Gasteiger partial charge in [0.15, 0.2) is 0 Å². The Morgan fingerprint density at radius 3 is 2.15 bits per heavy atom. The minimum Gasteiger partial charge on any atom is -0.508 e. The Hall–Kier alpha value is -5.83. The van der Waals surface area contributed by atoms with Crippen LogP contribution in [-0.2, 0) is 54.3 Å². The van der Waals surface area contributed by atoms with Crippen molar-refractivity contribution in [1.82, 2.24) is 36.4 Å². The number of aliphatic carboxylic acids is 1. The summed E-state index contributed by atoms with van der Waals surface area (Å²) in [5.74, 6) is -8.90. The number of carboxylic acids is 1. The molecule has 2 fully saturated rings. The predicted octanol–water partition coefficient (Wildman–Crippen LogP) is 0.717. The van der Waals surface area contributed by atoms with Crippen molar-refractivity contribution in [3.05, 3.63) is 29.8 Å². The average molecular weight is 959 g/mol. The molecule has 3 rings (SSSR count). The third-order valence-corrected chi connectivity index (χ3v) is 12.2. The highest BCUT2D eigenvalue weighted by molar-refractivity contribution is 5.98. The van der Waals surface area contributed by atoms with Crippen molar-refractivity contribution >= 4 is 53.3 Å². The van der Waals surface area contributed by atoms with Gasteiger partial charge >= 0.3 is 11.9 Å². The maximum Gasteiger partial charge on any atom is 0.329 e. The van der Waals surface area contributed by atoms with Crippen LogP contribution >= 0.6 is 0 Å². The number of nitrogens with one attached hydrogen (secondary N) is 5. The standard InChI is InChI=1S/C47H74N8O13/c1-8-9-10-14-36(57)49-32(20-22-38(59)60)42(62)53-40-28(6)68-47(67)39(27(4)5)52-43(63)34(25-29-15-17-30(56)18-16-29)54(7)46(66)35(24-26(2)3)55-37(58)21-19-33(45(55)65)51-41(61)31(50-44(40)64)13-11-12-23-48/h15-18,26-28,31-35,37,39-40,56,58H,8-14,19-25,48H2,1-7H3,(H,49,57)(H,50,64)(H,51,61)(H,52,63)(H,53,62)(H,59,60)/t28-,31+,32+,33+,34+,35+,37+,39+,40?/m1/s1. The fourth-order valence-electron chi connectivity index (χ4n) is 8.19. The number of phenols is 1. The number of carbonyl (C=O) groups is 9. The summed E-state index contributed by atoms with van der Waals surface area (Å²) in [6.07, 6.45) is -1.24. The number of piperidine rings is 1. The van der Waals surface area contributed by atoms with Gasteiger partial charge in [-0.25, -0.2) is 4.79 Å². The molecule has 2 bridgehead atoms. The number of nitrogens with two attached hydrogens (primary N) is 1. The third-order valence-electron chi connectivity index (χ3n) is 12.2. The molecular formula is C47H74N8O13. The Morgan fingerprint density at radius 2 is 1.54 bits per heavy atom. The molecule has 2 aliphatic rings. The molecule has 0 radical (unpaired) electrons. The van der Waals surface area contributed by atoms with E-state index >= 15 is 0 Å². The van der Waals surface area contributed by atoms with Crippen molar-refractivity contribution in [1.29, 1.82) is 0 Å². The van der Waals surface area contributed by atoms with Gasteiger partial charge in [-0.3, -0.25) is 38.4 Å². The van der Waals surface area contributed by atoms with E-state index in [4.69, 9.17) is 10.5 Å². The molecule has 0 aromatic heterocycles. The van der Waals surface area contributed by atoms with Crippen molar-refractivity contribution in [3.8, 4) is 5.75 Å². The van der Waals surface area contributed by atoms with Gasteiger partial charge in [-0.1, -0.05) is 59.6 Å². The molecule has 0 spiro atoms. The number of likely N-dealkylation sites (N-methyl/N-ethyl adjacent to an activating group) is 1. The Morgan fingerprint density at radius 1 is 0.868 bits per heavy atom. The number of ether oxygens (including phenoxy) is 1. The van der Waals surface area contributed by atoms with Crippen molar-refractivity contribution in [2.24, 2.45) is 17.6 Å². The van der Waals surface area contributed by atoms with E-state index in [9.17, 15) is 58.5 Å². The van der Waals surface area contributed by atoms with Crippen LogP contribution in [-0.4, -0.2) is 147 Å². The number of hydrogen-bond acceptors (Lipinski definition) is 13. The van der Waals surface area contributed by atoms with Crippen LogP contribution < -0.4 is 32.3 Å². The summed E-state index contributed by atoms with van der Waals surface area (Å²) >= 11 is 0. The second kappa shape index (κ2) is 27.2. The molecule has 2 saturated heterocycles. The smallest absolute Gasteiger partial charge is 0.329 e. The summed E-state index contributed by atoms with van der Waals surface area (Å²) in [6, 6.07) is -4.06. The Labute approximate surface area is 398 Å². The zero-order valence-electron chi connectivity index (χ0n) is 40.5. The average Bonchev–Trinajstić information content (AvgIpc) is 3.27. The van der Waals surface area contributed by atoms with E-state index in [1.165, 1.54) is 26.1 Å². The molecule has 21 nitrogen and oxygen atoms in total. The van der Waals surface area contributed by atoms with Gasteiger partial charge in [0.05, 0.1) is 0 Å². The first-order valence-electron chi connectivity index (χ1n) is 23.8. The summed E-state index contributed by atoms with van der Waals surface area (Å²) in [4.78, 5) is 127. The number of aromatic hydroxyl groups is 1. The molecular weight excluding hydrogens is 885 g/mol. The van der Waals surface area contributed by atoms with E-state index in [0.29, 0.717) is 24.8 Å². The van der Waals surface area contributed by atoms with Gasteiger partial charge in [0.25, 0.3) is 0 Å². The number of fused-ring (bicyclic) bond motifs is 2. The summed E-state index contributed by atoms with van der Waals surface area (Å²) in [5, 5.41) is 43.9. The molecule has 21 heteroatoms. The highest BCUT2D eigenvalue weighted by Crippen LogP contribution is 2.26. The van der Waals surface area contributed by atoms with Gasteiger partial charge in [-0.15, -0.1) is 0 Å². The quantitative estimate of drug-likeness (QED) is 0.0682. The number of aliphatic hydroxyl groups excluding tert-OH is 1. The Balaban J connectivity index is 2.22. The minimum absolute atomic E-state index is 0.00492. The zero-order chi connectivity index (χ0) is 50.8. The zero-order valence-corrected chi connectivity index (χ0v) is 40.5. The maximum absolute atomic E-state index is 14.8. The number of cyclic esters (lactones) is 1. The van der Waals surface area contributed by atoms with Crippen LogP contribution in [0.3, 0.4) is 0 Å². The lowest BCUT2D eigenvalue weighted by molar-refractivity contribution is -0.166. The molecule has 9 atom stereocenters. The first-order valence-corrected chi connectivity index (χ1v) is 23.8. The molecule has 2 aliphatic heterocycles. The molecule has 380 valence electrons. The molecule has 1 aromatic rings. The van der Waals surface area contributed by atoms with E-state index in [1.807, 2.05) is 20.8 Å². The topological polar surface area (TPSA) is 316 Å². The van der Waals surface area contributed by atoms with Crippen LogP contribution in [0.15, 0.2) is 24.3 Å². The Bertz CT molecular complexity index is 1910. The number of unbranched alkanes of at least 4 members (excludes halogenated alkanes) is 3. The lowest BCUT2D eigenvalue weighted by Crippen LogP contribution is -2.65. The number of esters is 1. The first-order chi connectivity index (χ1) is 32.1. The minimum atomic E-state index is -1.78. The number of rotatable bonds is 19.